The molecule has 0 radical (unpaired) electrons. The fourth-order valence-corrected chi connectivity index (χ4v) is 2.22. The van der Waals surface area contributed by atoms with E-state index in [-0.39, 0.29) is 23.7 Å². The highest BCUT2D eigenvalue weighted by atomic mass is 35.5. The largest absolute Gasteiger partial charge is 0.348 e. The Morgan fingerprint density at radius 1 is 1.33 bits per heavy atom. The number of carbonyl (C=O) groups excluding carboxylic acids is 2. The molecule has 86 valence electrons. The van der Waals surface area contributed by atoms with Crippen LogP contribution in [0.15, 0.2) is 0 Å². The summed E-state index contributed by atoms with van der Waals surface area (Å²) in [5.74, 6) is -1.11. The summed E-state index contributed by atoms with van der Waals surface area (Å²) in [6, 6.07) is 0. The molecule has 0 heterocycles. The summed E-state index contributed by atoms with van der Waals surface area (Å²) in [5.41, 5.74) is -0.308. The van der Waals surface area contributed by atoms with Crippen LogP contribution < -0.4 is 0 Å². The molecule has 4 nitrogen and oxygen atoms in total. The maximum absolute atomic E-state index is 11.2. The Kier molecular flexibility index (Phi) is 3.84. The fraction of sp³-hybridized carbons (Fsp3) is 0.778. The lowest BCUT2D eigenvalue weighted by atomic mass is 9.54. The van der Waals surface area contributed by atoms with E-state index < -0.39 is 11.9 Å². The van der Waals surface area contributed by atoms with Crippen LogP contribution in [0, 0.1) is 17.3 Å². The van der Waals surface area contributed by atoms with Crippen LogP contribution in [0.25, 0.3) is 0 Å². The Morgan fingerprint density at radius 3 is 2.33 bits per heavy atom. The van der Waals surface area contributed by atoms with Crippen molar-refractivity contribution in [3.05, 3.63) is 0 Å². The predicted octanol–water partition coefficient (Wildman–Crippen LogP) is 2.43. The number of carbonyl (C=O) groups is 2. The zero-order valence-electron chi connectivity index (χ0n) is 8.46. The summed E-state index contributed by atoms with van der Waals surface area (Å²) in [6.07, 6.45) is 0.785. The van der Waals surface area contributed by atoms with Crippen LogP contribution in [0.3, 0.4) is 0 Å². The molecule has 1 rings (SSSR count). The second-order valence-electron chi connectivity index (χ2n) is 4.36. The molecule has 2 atom stereocenters. The van der Waals surface area contributed by atoms with Gasteiger partial charge in [0.15, 0.2) is 0 Å². The van der Waals surface area contributed by atoms with Crippen molar-refractivity contribution < 1.29 is 18.2 Å². The summed E-state index contributed by atoms with van der Waals surface area (Å²) in [6.45, 7) is 3.78. The minimum absolute atomic E-state index is 0.0736. The van der Waals surface area contributed by atoms with Crippen molar-refractivity contribution in [1.29, 1.82) is 0 Å². The van der Waals surface area contributed by atoms with Gasteiger partial charge in [0.25, 0.3) is 0 Å². The van der Waals surface area contributed by atoms with Crippen LogP contribution in [0.1, 0.15) is 26.7 Å². The summed E-state index contributed by atoms with van der Waals surface area (Å²) in [5, 5.41) is 0. The average Bonchev–Trinajstić information content (AvgIpc) is 2.22. The third-order valence-electron chi connectivity index (χ3n) is 3.33. The van der Waals surface area contributed by atoms with Gasteiger partial charge in [-0.25, -0.2) is 0 Å². The van der Waals surface area contributed by atoms with E-state index in [1.54, 1.807) is 0 Å². The zero-order chi connectivity index (χ0) is 11.6. The third-order valence-corrected chi connectivity index (χ3v) is 3.65. The van der Waals surface area contributed by atoms with Crippen molar-refractivity contribution in [1.82, 2.24) is 0 Å². The maximum Gasteiger partial charge on any atom is 0.328 e. The first-order chi connectivity index (χ1) is 6.93. The van der Waals surface area contributed by atoms with Gasteiger partial charge in [-0.15, -0.1) is 0 Å². The lowest BCUT2D eigenvalue weighted by molar-refractivity contribution is -0.159. The molecule has 1 fully saturated rings. The molecule has 0 amide bonds. The van der Waals surface area contributed by atoms with Crippen molar-refractivity contribution in [3.8, 4) is 0 Å². The number of hydrogen-bond donors (Lipinski definition) is 0. The summed E-state index contributed by atoms with van der Waals surface area (Å²) in [4.78, 5) is 22.2. The van der Waals surface area contributed by atoms with E-state index in [4.69, 9.17) is 23.7 Å². The van der Waals surface area contributed by atoms with Gasteiger partial charge in [0.2, 0.25) is 0 Å². The summed E-state index contributed by atoms with van der Waals surface area (Å²) >= 11 is 9.94. The minimum Gasteiger partial charge on any atom is -0.348 e. The Hall–Kier alpha value is -0.480. The molecule has 0 aromatic carbocycles. The molecule has 1 saturated carbocycles. The topological polar surface area (TPSA) is 52.6 Å². The summed E-state index contributed by atoms with van der Waals surface area (Å²) < 4.78 is 8.22. The van der Waals surface area contributed by atoms with Gasteiger partial charge in [-0.1, -0.05) is 13.8 Å². The van der Waals surface area contributed by atoms with Gasteiger partial charge in [0.1, 0.15) is 23.7 Å². The quantitative estimate of drug-likeness (QED) is 0.777. The molecule has 0 spiro atoms. The van der Waals surface area contributed by atoms with Crippen molar-refractivity contribution in [2.45, 2.75) is 26.7 Å². The molecule has 6 heteroatoms. The standard InChI is InChI=1S/C9H12Cl2O4/c1-9(2)5(4-7(12)14-10)3-6(9)8(13)15-11/h5-6H,3-4H2,1-2H3. The van der Waals surface area contributed by atoms with E-state index in [9.17, 15) is 9.59 Å². The van der Waals surface area contributed by atoms with Gasteiger partial charge in [0.05, 0.1) is 12.3 Å². The smallest absolute Gasteiger partial charge is 0.328 e. The molecule has 0 aromatic rings. The minimum atomic E-state index is -0.479. The van der Waals surface area contributed by atoms with Gasteiger partial charge in [-0.05, 0) is 17.8 Å². The molecule has 1 aliphatic carbocycles. The van der Waals surface area contributed by atoms with E-state index in [0.717, 1.165) is 0 Å². The average molecular weight is 255 g/mol. The molecule has 0 bridgehead atoms. The van der Waals surface area contributed by atoms with Gasteiger partial charge in [0, 0.05) is 0 Å². The molecule has 2 unspecified atom stereocenters. The van der Waals surface area contributed by atoms with Crippen LogP contribution in [0.5, 0.6) is 0 Å². The number of rotatable bonds is 3. The first-order valence-electron chi connectivity index (χ1n) is 4.57. The van der Waals surface area contributed by atoms with Crippen LogP contribution in [0.2, 0.25) is 0 Å². The van der Waals surface area contributed by atoms with Crippen LogP contribution >= 0.6 is 23.7 Å². The fourth-order valence-electron chi connectivity index (χ4n) is 2.05. The molecular formula is C9H12Cl2O4. The predicted molar refractivity (Wildman–Crippen MR) is 53.9 cm³/mol. The Balaban J connectivity index is 2.55. The van der Waals surface area contributed by atoms with Gasteiger partial charge < -0.3 is 8.58 Å². The Labute approximate surface area is 98.2 Å². The second kappa shape index (κ2) is 4.58. The molecule has 1 aliphatic rings. The molecule has 0 N–H and O–H groups in total. The number of hydrogen-bond acceptors (Lipinski definition) is 4. The van der Waals surface area contributed by atoms with Crippen LogP contribution in [-0.2, 0) is 18.2 Å². The van der Waals surface area contributed by atoms with Crippen LogP contribution in [-0.4, -0.2) is 11.9 Å². The summed E-state index contributed by atoms with van der Waals surface area (Å²) in [7, 11) is 0. The SMILES string of the molecule is CC1(C)C(CC(=O)OCl)CC1C(=O)OCl. The molecule has 0 aromatic heterocycles. The zero-order valence-corrected chi connectivity index (χ0v) is 9.97. The van der Waals surface area contributed by atoms with Crippen molar-refractivity contribution in [2.24, 2.45) is 17.3 Å². The normalized spacial score (nSPS) is 27.7. The molecular weight excluding hydrogens is 243 g/mol. The third kappa shape index (κ3) is 2.37. The van der Waals surface area contributed by atoms with Crippen molar-refractivity contribution in [2.75, 3.05) is 0 Å². The highest BCUT2D eigenvalue weighted by Crippen LogP contribution is 2.53. The molecule has 0 saturated heterocycles. The van der Waals surface area contributed by atoms with Gasteiger partial charge >= 0.3 is 11.9 Å². The second-order valence-corrected chi connectivity index (χ2v) is 4.66. The van der Waals surface area contributed by atoms with E-state index in [2.05, 4.69) is 8.58 Å². The highest BCUT2D eigenvalue weighted by Gasteiger charge is 2.53. The van der Waals surface area contributed by atoms with Crippen molar-refractivity contribution in [3.63, 3.8) is 0 Å². The van der Waals surface area contributed by atoms with E-state index in [0.29, 0.717) is 6.42 Å². The maximum atomic E-state index is 11.2. The first-order valence-corrected chi connectivity index (χ1v) is 5.19. The monoisotopic (exact) mass is 254 g/mol. The van der Waals surface area contributed by atoms with Gasteiger partial charge in [-0.2, -0.15) is 0 Å². The van der Waals surface area contributed by atoms with Crippen LogP contribution in [0.4, 0.5) is 0 Å². The molecule has 0 aliphatic heterocycles. The molecule has 15 heavy (non-hydrogen) atoms. The van der Waals surface area contributed by atoms with Gasteiger partial charge in [-0.3, -0.25) is 9.59 Å². The Morgan fingerprint density at radius 2 is 1.93 bits per heavy atom. The number of halogens is 2. The van der Waals surface area contributed by atoms with E-state index >= 15 is 0 Å². The van der Waals surface area contributed by atoms with E-state index in [1.807, 2.05) is 13.8 Å². The highest BCUT2D eigenvalue weighted by molar-refractivity contribution is 6.13. The van der Waals surface area contributed by atoms with E-state index in [1.165, 1.54) is 0 Å². The lowest BCUT2D eigenvalue weighted by Crippen LogP contribution is -2.49. The van der Waals surface area contributed by atoms with Crippen molar-refractivity contribution >= 4 is 35.7 Å². The lowest BCUT2D eigenvalue weighted by Gasteiger charge is -2.49. The Bertz CT molecular complexity index is 277. The first kappa shape index (κ1) is 12.6.